The second-order valence-electron chi connectivity index (χ2n) is 7.91. The molecule has 0 fully saturated rings. The van der Waals surface area contributed by atoms with Gasteiger partial charge in [-0.05, 0) is 34.4 Å². The lowest BCUT2D eigenvalue weighted by Gasteiger charge is -2.17. The summed E-state index contributed by atoms with van der Waals surface area (Å²) in [4.78, 5) is 33.0. The van der Waals surface area contributed by atoms with E-state index in [1.54, 1.807) is 6.07 Å². The number of ether oxygens (including phenoxy) is 1. The van der Waals surface area contributed by atoms with Crippen molar-refractivity contribution in [1.82, 2.24) is 15.3 Å². The van der Waals surface area contributed by atoms with Gasteiger partial charge in [0.05, 0.1) is 16.7 Å². The molecule has 1 aromatic heterocycles. The highest BCUT2D eigenvalue weighted by Gasteiger charge is 2.30. The molecule has 0 spiro atoms. The molecule has 5 rings (SSSR count). The Morgan fingerprint density at radius 2 is 1.52 bits per heavy atom. The number of carbonyl (C=O) groups excluding carboxylic acids is 1. The Hall–Kier alpha value is -4.26. The molecule has 4 aromatic rings. The fraction of sp³-hybridized carbons (Fsp3) is 0.154. The van der Waals surface area contributed by atoms with Crippen molar-refractivity contribution < 1.29 is 19.4 Å². The van der Waals surface area contributed by atoms with Crippen LogP contribution in [0, 0.1) is 0 Å². The highest BCUT2D eigenvalue weighted by molar-refractivity contribution is 5.81. The fourth-order valence-corrected chi connectivity index (χ4v) is 4.29. The first-order chi connectivity index (χ1) is 16.1. The van der Waals surface area contributed by atoms with Crippen molar-refractivity contribution >= 4 is 23.1 Å². The second-order valence-corrected chi connectivity index (χ2v) is 7.91. The number of nitrogens with one attached hydrogen (secondary N) is 1. The minimum Gasteiger partial charge on any atom is -0.480 e. The van der Waals surface area contributed by atoms with Crippen LogP contribution in [-0.4, -0.2) is 39.8 Å². The van der Waals surface area contributed by atoms with Crippen molar-refractivity contribution in [3.8, 4) is 11.1 Å². The lowest BCUT2D eigenvalue weighted by molar-refractivity contribution is -0.139. The third-order valence-electron chi connectivity index (χ3n) is 5.85. The molecular formula is C26H21N3O4. The molecular weight excluding hydrogens is 418 g/mol. The van der Waals surface area contributed by atoms with Crippen LogP contribution in [0.1, 0.15) is 22.7 Å². The minimum absolute atomic E-state index is 0.00262. The van der Waals surface area contributed by atoms with Crippen molar-refractivity contribution in [2.45, 2.75) is 18.4 Å². The van der Waals surface area contributed by atoms with Crippen LogP contribution in [0.2, 0.25) is 0 Å². The van der Waals surface area contributed by atoms with E-state index in [1.807, 2.05) is 54.6 Å². The van der Waals surface area contributed by atoms with Gasteiger partial charge < -0.3 is 15.2 Å². The van der Waals surface area contributed by atoms with Crippen molar-refractivity contribution in [1.29, 1.82) is 0 Å². The summed E-state index contributed by atoms with van der Waals surface area (Å²) in [6.07, 6.45) is 0.743. The van der Waals surface area contributed by atoms with E-state index in [-0.39, 0.29) is 18.9 Å². The summed E-state index contributed by atoms with van der Waals surface area (Å²) in [5, 5.41) is 12.1. The number of fused-ring (bicyclic) bond motifs is 4. The van der Waals surface area contributed by atoms with Gasteiger partial charge in [0.25, 0.3) is 0 Å². The van der Waals surface area contributed by atoms with Gasteiger partial charge in [-0.2, -0.15) is 0 Å². The van der Waals surface area contributed by atoms with Crippen molar-refractivity contribution in [2.24, 2.45) is 0 Å². The molecule has 164 valence electrons. The van der Waals surface area contributed by atoms with Gasteiger partial charge in [-0.1, -0.05) is 60.7 Å². The highest BCUT2D eigenvalue weighted by Crippen LogP contribution is 2.44. The predicted octanol–water partition coefficient (Wildman–Crippen LogP) is 4.16. The maximum absolute atomic E-state index is 12.5. The SMILES string of the molecule is O=C(N[C@@H](Cc1cnc2ccccc2n1)C(=O)O)OCC1c2ccccc2-c2ccccc21. The summed E-state index contributed by atoms with van der Waals surface area (Å²) in [6.45, 7) is 0.113. The van der Waals surface area contributed by atoms with Gasteiger partial charge in [0, 0.05) is 18.5 Å². The molecule has 0 saturated heterocycles. The van der Waals surface area contributed by atoms with E-state index in [0.29, 0.717) is 11.2 Å². The molecule has 2 N–H and O–H groups in total. The maximum Gasteiger partial charge on any atom is 0.407 e. The molecule has 1 atom stereocenters. The Morgan fingerprint density at radius 3 is 2.18 bits per heavy atom. The van der Waals surface area contributed by atoms with E-state index in [2.05, 4.69) is 27.4 Å². The summed E-state index contributed by atoms with van der Waals surface area (Å²) < 4.78 is 5.48. The number of benzene rings is 3. The molecule has 1 amide bonds. The minimum atomic E-state index is -1.18. The summed E-state index contributed by atoms with van der Waals surface area (Å²) in [6, 6.07) is 22.2. The highest BCUT2D eigenvalue weighted by atomic mass is 16.5. The van der Waals surface area contributed by atoms with Crippen LogP contribution in [0.25, 0.3) is 22.2 Å². The van der Waals surface area contributed by atoms with Gasteiger partial charge in [-0.25, -0.2) is 14.6 Å². The van der Waals surface area contributed by atoms with Crippen molar-refractivity contribution in [2.75, 3.05) is 6.61 Å². The Kier molecular flexibility index (Phi) is 5.44. The summed E-state index contributed by atoms with van der Waals surface area (Å²) in [7, 11) is 0. The van der Waals surface area contributed by atoms with Gasteiger partial charge in [0.2, 0.25) is 0 Å². The smallest absolute Gasteiger partial charge is 0.407 e. The molecule has 1 aliphatic rings. The van der Waals surface area contributed by atoms with Crippen LogP contribution < -0.4 is 5.32 Å². The molecule has 0 unspecified atom stereocenters. The zero-order valence-corrected chi connectivity index (χ0v) is 17.6. The number of nitrogens with zero attached hydrogens (tertiary/aromatic N) is 2. The van der Waals surface area contributed by atoms with E-state index >= 15 is 0 Å². The fourth-order valence-electron chi connectivity index (χ4n) is 4.29. The largest absolute Gasteiger partial charge is 0.480 e. The van der Waals surface area contributed by atoms with E-state index in [1.165, 1.54) is 6.20 Å². The molecule has 0 aliphatic heterocycles. The van der Waals surface area contributed by atoms with Gasteiger partial charge in [-0.15, -0.1) is 0 Å². The third kappa shape index (κ3) is 4.13. The number of hydrogen-bond donors (Lipinski definition) is 2. The topological polar surface area (TPSA) is 101 Å². The normalized spacial score (nSPS) is 13.2. The first kappa shape index (κ1) is 20.6. The second kappa shape index (κ2) is 8.70. The molecule has 3 aromatic carbocycles. The summed E-state index contributed by atoms with van der Waals surface area (Å²) in [5.41, 5.74) is 6.29. The Morgan fingerprint density at radius 1 is 0.909 bits per heavy atom. The number of aromatic nitrogens is 2. The van der Waals surface area contributed by atoms with Crippen molar-refractivity contribution in [3.63, 3.8) is 0 Å². The number of alkyl carbamates (subject to hydrolysis) is 1. The van der Waals surface area contributed by atoms with Crippen LogP contribution in [-0.2, 0) is 16.0 Å². The average molecular weight is 439 g/mol. The van der Waals surface area contributed by atoms with E-state index in [9.17, 15) is 14.7 Å². The Labute approximate surface area is 190 Å². The number of para-hydroxylation sites is 2. The van der Waals surface area contributed by atoms with E-state index < -0.39 is 18.1 Å². The summed E-state index contributed by atoms with van der Waals surface area (Å²) >= 11 is 0. The van der Waals surface area contributed by atoms with E-state index in [0.717, 1.165) is 27.8 Å². The number of carbonyl (C=O) groups is 2. The van der Waals surface area contributed by atoms with Gasteiger partial charge in [0.1, 0.15) is 12.6 Å². The predicted molar refractivity (Wildman–Crippen MR) is 123 cm³/mol. The number of hydrogen-bond acceptors (Lipinski definition) is 5. The van der Waals surface area contributed by atoms with E-state index in [4.69, 9.17) is 4.74 Å². The molecule has 1 heterocycles. The van der Waals surface area contributed by atoms with Crippen molar-refractivity contribution in [3.05, 3.63) is 95.8 Å². The number of carboxylic acids is 1. The Balaban J connectivity index is 1.27. The average Bonchev–Trinajstić information content (AvgIpc) is 3.16. The third-order valence-corrected chi connectivity index (χ3v) is 5.85. The molecule has 33 heavy (non-hydrogen) atoms. The molecule has 7 nitrogen and oxygen atoms in total. The first-order valence-electron chi connectivity index (χ1n) is 10.6. The number of amides is 1. The molecule has 0 radical (unpaired) electrons. The van der Waals surface area contributed by atoms with Crippen LogP contribution >= 0.6 is 0 Å². The van der Waals surface area contributed by atoms with Crippen LogP contribution in [0.15, 0.2) is 79.0 Å². The Bertz CT molecular complexity index is 1310. The summed E-state index contributed by atoms with van der Waals surface area (Å²) in [5.74, 6) is -1.27. The van der Waals surface area contributed by atoms with Crippen LogP contribution in [0.5, 0.6) is 0 Å². The van der Waals surface area contributed by atoms with Gasteiger partial charge in [-0.3, -0.25) is 4.98 Å². The standard InChI is InChI=1S/C26H21N3O4/c30-25(31)24(13-16-14-27-22-11-5-6-12-23(22)28-16)29-26(32)33-15-21-19-9-3-1-7-17(19)18-8-2-4-10-20(18)21/h1-12,14,21,24H,13,15H2,(H,29,32)(H,30,31)/t24-/m0/s1. The maximum atomic E-state index is 12.5. The lowest BCUT2D eigenvalue weighted by Crippen LogP contribution is -2.43. The zero-order chi connectivity index (χ0) is 22.8. The number of rotatable bonds is 6. The molecule has 1 aliphatic carbocycles. The van der Waals surface area contributed by atoms with Gasteiger partial charge in [0.15, 0.2) is 0 Å². The number of aliphatic carboxylic acids is 1. The van der Waals surface area contributed by atoms with Crippen LogP contribution in [0.4, 0.5) is 4.79 Å². The van der Waals surface area contributed by atoms with Crippen LogP contribution in [0.3, 0.4) is 0 Å². The number of carboxylic acid groups (broad SMARTS) is 1. The zero-order valence-electron chi connectivity index (χ0n) is 17.6. The molecule has 0 bridgehead atoms. The quantitative estimate of drug-likeness (QED) is 0.468. The first-order valence-corrected chi connectivity index (χ1v) is 10.6. The molecule has 7 heteroatoms. The van der Waals surface area contributed by atoms with Gasteiger partial charge >= 0.3 is 12.1 Å². The molecule has 0 saturated carbocycles. The lowest BCUT2D eigenvalue weighted by atomic mass is 9.98. The monoisotopic (exact) mass is 439 g/mol.